The largest absolute Gasteiger partial charge is 0.506 e. The van der Waals surface area contributed by atoms with Gasteiger partial charge in [0.15, 0.2) is 15.6 Å². The molecule has 27 heavy (non-hydrogen) atoms. The fourth-order valence-corrected chi connectivity index (χ4v) is 3.29. The quantitative estimate of drug-likeness (QED) is 0.647. The molecule has 0 aliphatic heterocycles. The van der Waals surface area contributed by atoms with Gasteiger partial charge in [-0.15, -0.1) is 0 Å². The molecule has 0 spiro atoms. The van der Waals surface area contributed by atoms with E-state index in [9.17, 15) is 22.7 Å². The number of furan rings is 1. The summed E-state index contributed by atoms with van der Waals surface area (Å²) in [5.41, 5.74) is 0.545. The average Bonchev–Trinajstić information content (AvgIpc) is 3.14. The Kier molecular flexibility index (Phi) is 5.00. The van der Waals surface area contributed by atoms with Crippen molar-refractivity contribution in [2.45, 2.75) is 11.8 Å². The molecule has 0 unspecified atom stereocenters. The van der Waals surface area contributed by atoms with Crippen LogP contribution in [-0.4, -0.2) is 25.2 Å². The second-order valence-electron chi connectivity index (χ2n) is 5.71. The molecule has 2 aromatic carbocycles. The zero-order valence-corrected chi connectivity index (χ0v) is 15.1. The van der Waals surface area contributed by atoms with Crippen molar-refractivity contribution in [3.05, 3.63) is 66.2 Å². The molecule has 1 aromatic heterocycles. The topological polar surface area (TPSA) is 96.6 Å². The number of benzene rings is 2. The summed E-state index contributed by atoms with van der Waals surface area (Å²) in [6.07, 6.45) is 0. The normalized spacial score (nSPS) is 11.3. The summed E-state index contributed by atoms with van der Waals surface area (Å²) in [6, 6.07) is 12.2. The number of nitrogens with one attached hydrogen (secondary N) is 1. The molecule has 3 aromatic rings. The third-order valence-corrected chi connectivity index (χ3v) is 5.65. The van der Waals surface area contributed by atoms with Crippen molar-refractivity contribution in [1.82, 2.24) is 0 Å². The van der Waals surface area contributed by atoms with Crippen LogP contribution in [0.1, 0.15) is 17.5 Å². The fraction of sp³-hybridized carbons (Fsp3) is 0.105. The number of phenols is 1. The Morgan fingerprint density at radius 1 is 1.11 bits per heavy atom. The predicted octanol–water partition coefficient (Wildman–Crippen LogP) is 3.84. The Balaban J connectivity index is 1.84. The van der Waals surface area contributed by atoms with Gasteiger partial charge >= 0.3 is 0 Å². The van der Waals surface area contributed by atoms with E-state index in [0.29, 0.717) is 11.3 Å². The summed E-state index contributed by atoms with van der Waals surface area (Å²) < 4.78 is 42.4. The smallest absolute Gasteiger partial charge is 0.291 e. The minimum Gasteiger partial charge on any atom is -0.506 e. The zero-order chi connectivity index (χ0) is 19.6. The van der Waals surface area contributed by atoms with E-state index in [1.165, 1.54) is 55.5 Å². The molecule has 6 nitrogen and oxygen atoms in total. The van der Waals surface area contributed by atoms with Gasteiger partial charge in [0.2, 0.25) is 0 Å². The summed E-state index contributed by atoms with van der Waals surface area (Å²) in [4.78, 5) is 12.4. The molecule has 8 heteroatoms. The summed E-state index contributed by atoms with van der Waals surface area (Å²) in [5.74, 6) is -1.11. The summed E-state index contributed by atoms with van der Waals surface area (Å²) in [7, 11) is -3.49. The molecule has 0 radical (unpaired) electrons. The molecule has 0 aliphatic rings. The lowest BCUT2D eigenvalue weighted by molar-refractivity contribution is 0.0997. The van der Waals surface area contributed by atoms with Crippen molar-refractivity contribution in [2.24, 2.45) is 0 Å². The SMILES string of the molecule is CCS(=O)(=O)c1ccc(O)c(NC(=O)c2ccc(-c3ccc(F)cc3)o2)c1. The number of carbonyl (C=O) groups is 1. The number of amides is 1. The van der Waals surface area contributed by atoms with Gasteiger partial charge in [-0.25, -0.2) is 12.8 Å². The first-order chi connectivity index (χ1) is 12.8. The molecule has 0 bridgehead atoms. The van der Waals surface area contributed by atoms with E-state index in [0.717, 1.165) is 0 Å². The predicted molar refractivity (Wildman–Crippen MR) is 97.9 cm³/mol. The minimum atomic E-state index is -3.49. The number of hydrogen-bond acceptors (Lipinski definition) is 5. The molecule has 0 fully saturated rings. The molecule has 0 saturated heterocycles. The Morgan fingerprint density at radius 2 is 1.81 bits per heavy atom. The van der Waals surface area contributed by atoms with Crippen LogP contribution in [0.5, 0.6) is 5.75 Å². The van der Waals surface area contributed by atoms with Gasteiger partial charge in [0.1, 0.15) is 17.3 Å². The van der Waals surface area contributed by atoms with E-state index in [1.54, 1.807) is 6.07 Å². The number of phenolic OH excluding ortho intramolecular Hbond substituents is 1. The van der Waals surface area contributed by atoms with Crippen LogP contribution in [0.3, 0.4) is 0 Å². The van der Waals surface area contributed by atoms with Crippen LogP contribution in [0.15, 0.2) is 63.9 Å². The van der Waals surface area contributed by atoms with Gasteiger partial charge in [-0.2, -0.15) is 0 Å². The van der Waals surface area contributed by atoms with Crippen LogP contribution in [0, 0.1) is 5.82 Å². The highest BCUT2D eigenvalue weighted by Crippen LogP contribution is 2.28. The second-order valence-corrected chi connectivity index (χ2v) is 7.99. The van der Waals surface area contributed by atoms with Gasteiger partial charge in [0.25, 0.3) is 5.91 Å². The van der Waals surface area contributed by atoms with E-state index in [-0.39, 0.29) is 33.7 Å². The molecule has 1 amide bonds. The number of carbonyl (C=O) groups excluding carboxylic acids is 1. The first-order valence-corrected chi connectivity index (χ1v) is 9.68. The van der Waals surface area contributed by atoms with Crippen LogP contribution in [0.25, 0.3) is 11.3 Å². The third kappa shape index (κ3) is 4.01. The van der Waals surface area contributed by atoms with Gasteiger partial charge < -0.3 is 14.8 Å². The molecule has 0 saturated carbocycles. The maximum absolute atomic E-state index is 13.0. The monoisotopic (exact) mass is 389 g/mol. The Hall–Kier alpha value is -3.13. The number of anilines is 1. The second kappa shape index (κ2) is 7.24. The lowest BCUT2D eigenvalue weighted by Gasteiger charge is -2.08. The Labute approximate surface area is 155 Å². The van der Waals surface area contributed by atoms with E-state index in [4.69, 9.17) is 4.42 Å². The summed E-state index contributed by atoms with van der Waals surface area (Å²) >= 11 is 0. The molecule has 0 atom stereocenters. The van der Waals surface area contributed by atoms with Crippen LogP contribution in [-0.2, 0) is 9.84 Å². The lowest BCUT2D eigenvalue weighted by atomic mass is 10.2. The van der Waals surface area contributed by atoms with Crippen LogP contribution < -0.4 is 5.32 Å². The lowest BCUT2D eigenvalue weighted by Crippen LogP contribution is -2.12. The average molecular weight is 389 g/mol. The number of sulfone groups is 1. The van der Waals surface area contributed by atoms with Gasteiger partial charge in [-0.05, 0) is 54.6 Å². The summed E-state index contributed by atoms with van der Waals surface area (Å²) in [6.45, 7) is 1.50. The highest BCUT2D eigenvalue weighted by atomic mass is 32.2. The van der Waals surface area contributed by atoms with Gasteiger partial charge in [0.05, 0.1) is 16.3 Å². The third-order valence-electron chi connectivity index (χ3n) is 3.91. The van der Waals surface area contributed by atoms with Crippen molar-refractivity contribution in [3.8, 4) is 17.1 Å². The molecule has 0 aliphatic carbocycles. The Bertz CT molecular complexity index is 1090. The first-order valence-electron chi connectivity index (χ1n) is 8.03. The van der Waals surface area contributed by atoms with Gasteiger partial charge in [-0.3, -0.25) is 4.79 Å². The van der Waals surface area contributed by atoms with Gasteiger partial charge in [-0.1, -0.05) is 6.92 Å². The minimum absolute atomic E-state index is 0.00968. The molecule has 1 heterocycles. The van der Waals surface area contributed by atoms with Crippen LogP contribution >= 0.6 is 0 Å². The van der Waals surface area contributed by atoms with E-state index >= 15 is 0 Å². The van der Waals surface area contributed by atoms with Crippen LogP contribution in [0.2, 0.25) is 0 Å². The van der Waals surface area contributed by atoms with E-state index < -0.39 is 15.7 Å². The van der Waals surface area contributed by atoms with Crippen molar-refractivity contribution in [2.75, 3.05) is 11.1 Å². The molecule has 3 rings (SSSR count). The first kappa shape index (κ1) is 18.7. The fourth-order valence-electron chi connectivity index (χ4n) is 2.39. The molecule has 140 valence electrons. The van der Waals surface area contributed by atoms with Crippen LogP contribution in [0.4, 0.5) is 10.1 Å². The molecular weight excluding hydrogens is 373 g/mol. The Morgan fingerprint density at radius 3 is 2.48 bits per heavy atom. The number of hydrogen-bond donors (Lipinski definition) is 2. The van der Waals surface area contributed by atoms with Gasteiger partial charge in [0, 0.05) is 5.56 Å². The van der Waals surface area contributed by atoms with E-state index in [1.807, 2.05) is 0 Å². The zero-order valence-electron chi connectivity index (χ0n) is 14.3. The number of rotatable bonds is 5. The van der Waals surface area contributed by atoms with E-state index in [2.05, 4.69) is 5.32 Å². The maximum atomic E-state index is 13.0. The molecule has 2 N–H and O–H groups in total. The van der Waals surface area contributed by atoms with Crippen molar-refractivity contribution in [3.63, 3.8) is 0 Å². The standard InChI is InChI=1S/C19H16FNO5S/c1-2-27(24,25)14-7-8-16(22)15(11-14)21-19(23)18-10-9-17(26-18)12-3-5-13(20)6-4-12/h3-11,22H,2H2,1H3,(H,21,23). The highest BCUT2D eigenvalue weighted by Gasteiger charge is 2.18. The maximum Gasteiger partial charge on any atom is 0.291 e. The highest BCUT2D eigenvalue weighted by molar-refractivity contribution is 7.91. The molecular formula is C19H16FNO5S. The summed E-state index contributed by atoms with van der Waals surface area (Å²) in [5, 5.41) is 12.3. The van der Waals surface area contributed by atoms with Crippen molar-refractivity contribution < 1.29 is 27.1 Å². The van der Waals surface area contributed by atoms with Crippen molar-refractivity contribution in [1.29, 1.82) is 0 Å². The van der Waals surface area contributed by atoms with Crippen molar-refractivity contribution >= 4 is 21.4 Å². The number of halogens is 1. The number of aromatic hydroxyl groups is 1.